The molecule has 0 fully saturated rings. The fourth-order valence-corrected chi connectivity index (χ4v) is 3.79. The van der Waals surface area contributed by atoms with Crippen molar-refractivity contribution in [3.8, 4) is 0 Å². The van der Waals surface area contributed by atoms with E-state index in [9.17, 15) is 19.7 Å². The maximum atomic E-state index is 13.6. The number of benzene rings is 3. The second-order valence-electron chi connectivity index (χ2n) is 7.83. The number of rotatable bonds is 9. The van der Waals surface area contributed by atoms with E-state index in [0.717, 1.165) is 16.7 Å². The van der Waals surface area contributed by atoms with Crippen LogP contribution in [0.5, 0.6) is 0 Å². The summed E-state index contributed by atoms with van der Waals surface area (Å²) in [6.45, 7) is 2.17. The Balaban J connectivity index is 2.00. The molecule has 2 amide bonds. The molecule has 0 saturated carbocycles. The summed E-state index contributed by atoms with van der Waals surface area (Å²) in [5.41, 5.74) is 3.03. The highest BCUT2D eigenvalue weighted by atomic mass is 16.6. The van der Waals surface area contributed by atoms with Gasteiger partial charge in [-0.25, -0.2) is 0 Å². The first-order valence-corrected chi connectivity index (χ1v) is 10.7. The third-order valence-corrected chi connectivity index (χ3v) is 5.65. The fraction of sp³-hybridized carbons (Fsp3) is 0.231. The Bertz CT molecular complexity index is 1130. The zero-order valence-corrected chi connectivity index (χ0v) is 18.7. The Hall–Kier alpha value is -4.00. The summed E-state index contributed by atoms with van der Waals surface area (Å²) in [5.74, 6) is -0.638. The van der Waals surface area contributed by atoms with Crippen LogP contribution in [-0.4, -0.2) is 34.7 Å². The van der Waals surface area contributed by atoms with Gasteiger partial charge in [0.15, 0.2) is 0 Å². The van der Waals surface area contributed by atoms with Gasteiger partial charge in [-0.15, -0.1) is 0 Å². The van der Waals surface area contributed by atoms with Crippen LogP contribution in [0.4, 0.5) is 5.69 Å². The summed E-state index contributed by atoms with van der Waals surface area (Å²) in [4.78, 5) is 39.0. The highest BCUT2D eigenvalue weighted by molar-refractivity contribution is 5.89. The van der Waals surface area contributed by atoms with Gasteiger partial charge in [0.2, 0.25) is 11.8 Å². The molecule has 0 aliphatic carbocycles. The van der Waals surface area contributed by atoms with Crippen molar-refractivity contribution in [1.29, 1.82) is 0 Å². The van der Waals surface area contributed by atoms with Gasteiger partial charge in [-0.05, 0) is 23.6 Å². The Morgan fingerprint density at radius 3 is 2.18 bits per heavy atom. The van der Waals surface area contributed by atoms with Crippen LogP contribution in [0.2, 0.25) is 0 Å². The van der Waals surface area contributed by atoms with E-state index in [-0.39, 0.29) is 30.5 Å². The van der Waals surface area contributed by atoms with Crippen molar-refractivity contribution in [2.75, 3.05) is 7.05 Å². The minimum absolute atomic E-state index is 0.110. The number of amides is 2. The molecule has 0 saturated heterocycles. The summed E-state index contributed by atoms with van der Waals surface area (Å²) in [5, 5.41) is 14.1. The van der Waals surface area contributed by atoms with E-state index in [1.807, 2.05) is 61.5 Å². The first-order chi connectivity index (χ1) is 15.9. The lowest BCUT2D eigenvalue weighted by atomic mass is 10.00. The number of hydrogen-bond donors (Lipinski definition) is 1. The molecule has 0 aliphatic rings. The summed E-state index contributed by atoms with van der Waals surface area (Å²) >= 11 is 0. The molecular formula is C26H27N3O4. The van der Waals surface area contributed by atoms with Gasteiger partial charge in [-0.3, -0.25) is 19.7 Å². The van der Waals surface area contributed by atoms with Crippen molar-refractivity contribution in [3.05, 3.63) is 111 Å². The van der Waals surface area contributed by atoms with Crippen LogP contribution in [0.15, 0.2) is 78.9 Å². The zero-order valence-electron chi connectivity index (χ0n) is 18.7. The maximum absolute atomic E-state index is 13.6. The van der Waals surface area contributed by atoms with Crippen LogP contribution in [0, 0.1) is 17.0 Å². The topological polar surface area (TPSA) is 92.6 Å². The van der Waals surface area contributed by atoms with E-state index in [1.54, 1.807) is 25.2 Å². The lowest BCUT2D eigenvalue weighted by Gasteiger charge is -2.31. The fourth-order valence-electron chi connectivity index (χ4n) is 3.79. The standard InChI is InChI=1S/C26H27N3O4/c1-19-10-6-7-14-22(19)18-28(24(26(31)27-2)16-20-11-4-3-5-12-20)25(30)17-21-13-8-9-15-23(21)29(32)33/h3-15,24H,16-18H2,1-2H3,(H,27,31)/t24-/m1/s1. The van der Waals surface area contributed by atoms with Crippen molar-refractivity contribution in [1.82, 2.24) is 10.2 Å². The van der Waals surface area contributed by atoms with Crippen LogP contribution in [-0.2, 0) is 29.0 Å². The van der Waals surface area contributed by atoms with Gasteiger partial charge in [-0.1, -0.05) is 72.8 Å². The normalized spacial score (nSPS) is 11.5. The van der Waals surface area contributed by atoms with Crippen molar-refractivity contribution < 1.29 is 14.5 Å². The van der Waals surface area contributed by atoms with E-state index in [0.29, 0.717) is 12.0 Å². The molecule has 33 heavy (non-hydrogen) atoms. The molecular weight excluding hydrogens is 418 g/mol. The van der Waals surface area contributed by atoms with Crippen molar-refractivity contribution in [2.24, 2.45) is 0 Å². The Morgan fingerprint density at radius 2 is 1.55 bits per heavy atom. The van der Waals surface area contributed by atoms with Gasteiger partial charge in [0, 0.05) is 31.6 Å². The third-order valence-electron chi connectivity index (χ3n) is 5.65. The molecule has 3 aromatic carbocycles. The SMILES string of the molecule is CNC(=O)[C@@H](Cc1ccccc1)N(Cc1ccccc1C)C(=O)Cc1ccccc1[N+](=O)[O-]. The number of nitrogens with one attached hydrogen (secondary N) is 1. The second-order valence-corrected chi connectivity index (χ2v) is 7.83. The number of nitro groups is 1. The average Bonchev–Trinajstić information content (AvgIpc) is 2.82. The van der Waals surface area contributed by atoms with Gasteiger partial charge in [0.25, 0.3) is 5.69 Å². The molecule has 1 atom stereocenters. The highest BCUT2D eigenvalue weighted by Gasteiger charge is 2.31. The highest BCUT2D eigenvalue weighted by Crippen LogP contribution is 2.22. The van der Waals surface area contributed by atoms with Gasteiger partial charge < -0.3 is 10.2 Å². The van der Waals surface area contributed by atoms with Gasteiger partial charge in [0.05, 0.1) is 11.3 Å². The minimum Gasteiger partial charge on any atom is -0.357 e. The van der Waals surface area contributed by atoms with E-state index < -0.39 is 11.0 Å². The molecule has 0 spiro atoms. The minimum atomic E-state index is -0.771. The van der Waals surface area contributed by atoms with Crippen molar-refractivity contribution in [2.45, 2.75) is 32.4 Å². The van der Waals surface area contributed by atoms with Crippen molar-refractivity contribution >= 4 is 17.5 Å². The average molecular weight is 446 g/mol. The smallest absolute Gasteiger partial charge is 0.273 e. The number of hydrogen-bond acceptors (Lipinski definition) is 4. The zero-order chi connectivity index (χ0) is 23.8. The summed E-state index contributed by atoms with van der Waals surface area (Å²) in [6, 6.07) is 22.6. The predicted molar refractivity (Wildman–Crippen MR) is 127 cm³/mol. The number of nitro benzene ring substituents is 1. The Labute approximate surface area is 193 Å². The van der Waals surface area contributed by atoms with Crippen LogP contribution in [0.1, 0.15) is 22.3 Å². The van der Waals surface area contributed by atoms with Gasteiger partial charge >= 0.3 is 0 Å². The molecule has 0 bridgehead atoms. The Kier molecular flexibility index (Phi) is 7.91. The third kappa shape index (κ3) is 6.04. The molecule has 0 radical (unpaired) electrons. The molecule has 3 aromatic rings. The second kappa shape index (κ2) is 11.0. The first-order valence-electron chi connectivity index (χ1n) is 10.7. The number of para-hydroxylation sites is 1. The quantitative estimate of drug-likeness (QED) is 0.400. The van der Waals surface area contributed by atoms with Gasteiger partial charge in [-0.2, -0.15) is 0 Å². The molecule has 3 rings (SSSR count). The number of aryl methyl sites for hydroxylation is 1. The molecule has 0 heterocycles. The van der Waals surface area contributed by atoms with E-state index in [1.165, 1.54) is 11.0 Å². The van der Waals surface area contributed by atoms with Crippen LogP contribution in [0.3, 0.4) is 0 Å². The lowest BCUT2D eigenvalue weighted by molar-refractivity contribution is -0.385. The summed E-state index contributed by atoms with van der Waals surface area (Å²) in [6.07, 6.45) is 0.153. The van der Waals surface area contributed by atoms with Crippen molar-refractivity contribution in [3.63, 3.8) is 0 Å². The maximum Gasteiger partial charge on any atom is 0.273 e. The number of nitrogens with zero attached hydrogens (tertiary/aromatic N) is 2. The van der Waals surface area contributed by atoms with Crippen LogP contribution < -0.4 is 5.32 Å². The molecule has 0 aliphatic heterocycles. The summed E-state index contributed by atoms with van der Waals surface area (Å²) in [7, 11) is 1.54. The molecule has 0 aromatic heterocycles. The summed E-state index contributed by atoms with van der Waals surface area (Å²) < 4.78 is 0. The molecule has 7 nitrogen and oxygen atoms in total. The van der Waals surface area contributed by atoms with Crippen LogP contribution in [0.25, 0.3) is 0 Å². The van der Waals surface area contributed by atoms with E-state index >= 15 is 0 Å². The molecule has 0 unspecified atom stereocenters. The van der Waals surface area contributed by atoms with Crippen LogP contribution >= 0.6 is 0 Å². The molecule has 1 N–H and O–H groups in total. The largest absolute Gasteiger partial charge is 0.357 e. The number of likely N-dealkylation sites (N-methyl/N-ethyl adjacent to an activating group) is 1. The number of carbonyl (C=O) groups excluding carboxylic acids is 2. The number of carbonyl (C=O) groups is 2. The first kappa shape index (κ1) is 23.7. The molecule has 7 heteroatoms. The predicted octanol–water partition coefficient (Wildman–Crippen LogP) is 3.83. The lowest BCUT2D eigenvalue weighted by Crippen LogP contribution is -2.50. The van der Waals surface area contributed by atoms with E-state index in [4.69, 9.17) is 0 Å². The monoisotopic (exact) mass is 445 g/mol. The van der Waals surface area contributed by atoms with Gasteiger partial charge in [0.1, 0.15) is 6.04 Å². The van der Waals surface area contributed by atoms with E-state index in [2.05, 4.69) is 5.32 Å². The Morgan fingerprint density at radius 1 is 0.939 bits per heavy atom. The molecule has 170 valence electrons.